The van der Waals surface area contributed by atoms with E-state index in [4.69, 9.17) is 4.74 Å². The zero-order chi connectivity index (χ0) is 14.0. The Bertz CT molecular complexity index is 336. The number of sulfonamides is 1. The first-order chi connectivity index (χ1) is 8.37. The number of amides is 1. The largest absolute Gasteiger partial charge is 0.383 e. The number of nitrogens with one attached hydrogen (secondary N) is 3. The van der Waals surface area contributed by atoms with E-state index in [1.165, 1.54) is 0 Å². The number of halogens is 1. The Morgan fingerprint density at radius 3 is 2.42 bits per heavy atom. The Balaban J connectivity index is 0. The topological polar surface area (TPSA) is 96.5 Å². The molecule has 0 rings (SSSR count). The number of carbonyl (C=O) groups excluding carboxylic acids is 1. The van der Waals surface area contributed by atoms with Crippen LogP contribution < -0.4 is 15.4 Å². The Kier molecular flexibility index (Phi) is 12.6. The second-order valence-corrected chi connectivity index (χ2v) is 5.98. The Morgan fingerprint density at radius 1 is 1.26 bits per heavy atom. The lowest BCUT2D eigenvalue weighted by Crippen LogP contribution is -2.40. The van der Waals surface area contributed by atoms with Gasteiger partial charge in [-0.05, 0) is 13.8 Å². The summed E-state index contributed by atoms with van der Waals surface area (Å²) in [6, 6.07) is -0.138. The average Bonchev–Trinajstić information content (AvgIpc) is 2.22. The molecule has 0 aliphatic heterocycles. The maximum Gasteiger partial charge on any atom is 0.233 e. The molecular weight excluding hydrogens is 294 g/mol. The lowest BCUT2D eigenvalue weighted by molar-refractivity contribution is -0.120. The Labute approximate surface area is 121 Å². The van der Waals surface area contributed by atoms with E-state index in [0.717, 1.165) is 0 Å². The predicted octanol–water partition coefficient (Wildman–Crippen LogP) is -0.912. The summed E-state index contributed by atoms with van der Waals surface area (Å²) in [6.45, 7) is 4.86. The van der Waals surface area contributed by atoms with Gasteiger partial charge >= 0.3 is 0 Å². The van der Waals surface area contributed by atoms with E-state index < -0.39 is 10.0 Å². The Morgan fingerprint density at radius 2 is 1.89 bits per heavy atom. The SMILES string of the molecule is COCCNCC(=O)NCCS(=O)(=O)NC(C)C.Cl. The van der Waals surface area contributed by atoms with Gasteiger partial charge in [0.15, 0.2) is 0 Å². The van der Waals surface area contributed by atoms with Gasteiger partial charge in [0.05, 0.1) is 18.9 Å². The maximum absolute atomic E-state index is 11.4. The number of ether oxygens (including phenoxy) is 1. The monoisotopic (exact) mass is 317 g/mol. The van der Waals surface area contributed by atoms with Crippen LogP contribution in [0.2, 0.25) is 0 Å². The van der Waals surface area contributed by atoms with E-state index >= 15 is 0 Å². The standard InChI is InChI=1S/C10H23N3O4S.ClH/c1-9(2)13-18(15,16)7-5-12-10(14)8-11-4-6-17-3;/h9,11,13H,4-8H2,1-3H3,(H,12,14);1H. The first-order valence-corrected chi connectivity index (χ1v) is 7.49. The predicted molar refractivity (Wildman–Crippen MR) is 77.1 cm³/mol. The Hall–Kier alpha value is -0.410. The van der Waals surface area contributed by atoms with Crippen LogP contribution in [-0.4, -0.2) is 59.5 Å². The van der Waals surface area contributed by atoms with E-state index in [0.29, 0.717) is 13.2 Å². The second-order valence-electron chi connectivity index (χ2n) is 4.11. The number of hydrogen-bond acceptors (Lipinski definition) is 5. The molecule has 116 valence electrons. The molecule has 0 spiro atoms. The zero-order valence-corrected chi connectivity index (χ0v) is 13.2. The maximum atomic E-state index is 11.4. The molecule has 9 heteroatoms. The van der Waals surface area contributed by atoms with Gasteiger partial charge in [-0.3, -0.25) is 4.79 Å². The van der Waals surface area contributed by atoms with Crippen LogP contribution in [0.25, 0.3) is 0 Å². The fourth-order valence-corrected chi connectivity index (χ4v) is 2.39. The number of hydrogen-bond donors (Lipinski definition) is 3. The summed E-state index contributed by atoms with van der Waals surface area (Å²) in [5, 5.41) is 5.39. The van der Waals surface area contributed by atoms with Crippen molar-refractivity contribution in [1.29, 1.82) is 0 Å². The molecule has 0 heterocycles. The summed E-state index contributed by atoms with van der Waals surface area (Å²) < 4.78 is 30.1. The van der Waals surface area contributed by atoms with Gasteiger partial charge < -0.3 is 15.4 Å². The van der Waals surface area contributed by atoms with Crippen molar-refractivity contribution in [3.05, 3.63) is 0 Å². The van der Waals surface area contributed by atoms with E-state index in [1.54, 1.807) is 21.0 Å². The van der Waals surface area contributed by atoms with Crippen molar-refractivity contribution in [3.8, 4) is 0 Å². The average molecular weight is 318 g/mol. The van der Waals surface area contributed by atoms with Crippen LogP contribution in [0.15, 0.2) is 0 Å². The quantitative estimate of drug-likeness (QED) is 0.453. The fourth-order valence-electron chi connectivity index (χ4n) is 1.18. The highest BCUT2D eigenvalue weighted by molar-refractivity contribution is 7.89. The number of rotatable bonds is 10. The molecule has 19 heavy (non-hydrogen) atoms. The summed E-state index contributed by atoms with van der Waals surface area (Å²) in [5.74, 6) is -0.347. The van der Waals surface area contributed by atoms with E-state index in [1.807, 2.05) is 0 Å². The molecule has 0 aromatic carbocycles. The van der Waals surface area contributed by atoms with Gasteiger partial charge in [-0.25, -0.2) is 13.1 Å². The van der Waals surface area contributed by atoms with E-state index in [9.17, 15) is 13.2 Å². The van der Waals surface area contributed by atoms with Gasteiger partial charge in [0.1, 0.15) is 0 Å². The molecule has 0 aliphatic rings. The summed E-state index contributed by atoms with van der Waals surface area (Å²) >= 11 is 0. The summed E-state index contributed by atoms with van der Waals surface area (Å²) in [6.07, 6.45) is 0. The van der Waals surface area contributed by atoms with Crippen LogP contribution in [0, 0.1) is 0 Å². The van der Waals surface area contributed by atoms with Crippen LogP contribution in [0.1, 0.15) is 13.8 Å². The van der Waals surface area contributed by atoms with Crippen molar-refractivity contribution in [3.63, 3.8) is 0 Å². The van der Waals surface area contributed by atoms with Gasteiger partial charge in [-0.15, -0.1) is 12.4 Å². The molecule has 1 amide bonds. The number of methoxy groups -OCH3 is 1. The van der Waals surface area contributed by atoms with E-state index in [2.05, 4.69) is 15.4 Å². The fraction of sp³-hybridized carbons (Fsp3) is 0.900. The van der Waals surface area contributed by atoms with Crippen molar-refractivity contribution >= 4 is 28.3 Å². The summed E-state index contributed by atoms with van der Waals surface area (Å²) in [5.41, 5.74) is 0. The summed E-state index contributed by atoms with van der Waals surface area (Å²) in [7, 11) is -1.73. The van der Waals surface area contributed by atoms with Crippen LogP contribution in [-0.2, 0) is 19.6 Å². The highest BCUT2D eigenvalue weighted by Crippen LogP contribution is 1.87. The van der Waals surface area contributed by atoms with Crippen LogP contribution >= 0.6 is 12.4 Å². The minimum absolute atomic E-state index is 0. The summed E-state index contributed by atoms with van der Waals surface area (Å²) in [4.78, 5) is 11.3. The lowest BCUT2D eigenvalue weighted by Gasteiger charge is -2.10. The van der Waals surface area contributed by atoms with Crippen molar-refractivity contribution in [1.82, 2.24) is 15.4 Å². The van der Waals surface area contributed by atoms with Crippen molar-refractivity contribution in [2.75, 3.05) is 39.1 Å². The van der Waals surface area contributed by atoms with Gasteiger partial charge in [-0.1, -0.05) is 0 Å². The first kappa shape index (κ1) is 20.9. The molecule has 3 N–H and O–H groups in total. The van der Waals surface area contributed by atoms with Gasteiger partial charge in [0.2, 0.25) is 15.9 Å². The molecule has 0 aromatic heterocycles. The second kappa shape index (κ2) is 11.4. The zero-order valence-electron chi connectivity index (χ0n) is 11.6. The molecule has 0 unspecified atom stereocenters. The van der Waals surface area contributed by atoms with Crippen LogP contribution in [0.5, 0.6) is 0 Å². The molecule has 0 aliphatic carbocycles. The first-order valence-electron chi connectivity index (χ1n) is 5.83. The number of carbonyl (C=O) groups is 1. The van der Waals surface area contributed by atoms with Crippen LogP contribution in [0.4, 0.5) is 0 Å². The molecule has 7 nitrogen and oxygen atoms in total. The highest BCUT2D eigenvalue weighted by Gasteiger charge is 2.11. The smallest absolute Gasteiger partial charge is 0.233 e. The molecule has 0 aromatic rings. The van der Waals surface area contributed by atoms with Gasteiger partial charge in [0, 0.05) is 26.2 Å². The van der Waals surface area contributed by atoms with Crippen molar-refractivity contribution in [2.24, 2.45) is 0 Å². The third kappa shape index (κ3) is 13.8. The molecule has 0 saturated heterocycles. The molecule has 0 radical (unpaired) electrons. The van der Waals surface area contributed by atoms with Crippen molar-refractivity contribution in [2.45, 2.75) is 19.9 Å². The molecule has 0 fully saturated rings. The molecule has 0 saturated carbocycles. The third-order valence-corrected chi connectivity index (χ3v) is 3.45. The molecule has 0 bridgehead atoms. The lowest BCUT2D eigenvalue weighted by atomic mass is 10.4. The third-order valence-electron chi connectivity index (χ3n) is 1.88. The van der Waals surface area contributed by atoms with Gasteiger partial charge in [-0.2, -0.15) is 0 Å². The van der Waals surface area contributed by atoms with Crippen molar-refractivity contribution < 1.29 is 17.9 Å². The highest BCUT2D eigenvalue weighted by atomic mass is 35.5. The minimum Gasteiger partial charge on any atom is -0.383 e. The van der Waals surface area contributed by atoms with E-state index in [-0.39, 0.29) is 43.2 Å². The molecular formula is C10H24ClN3O4S. The normalized spacial score (nSPS) is 11.2. The molecule has 0 atom stereocenters. The minimum atomic E-state index is -3.31. The van der Waals surface area contributed by atoms with Gasteiger partial charge in [0.25, 0.3) is 0 Å². The van der Waals surface area contributed by atoms with Crippen LogP contribution in [0.3, 0.4) is 0 Å².